The summed E-state index contributed by atoms with van der Waals surface area (Å²) in [7, 11) is 0. The van der Waals surface area contributed by atoms with E-state index in [1.807, 2.05) is 12.3 Å². The minimum atomic E-state index is -0.0177. The predicted octanol–water partition coefficient (Wildman–Crippen LogP) is 2.09. The van der Waals surface area contributed by atoms with Gasteiger partial charge >= 0.3 is 0 Å². The molecular weight excluding hydrogens is 248 g/mol. The van der Waals surface area contributed by atoms with Crippen molar-refractivity contribution < 1.29 is 9.90 Å². The Kier molecular flexibility index (Phi) is 6.29. The van der Waals surface area contributed by atoms with Crippen molar-refractivity contribution in [1.29, 1.82) is 0 Å². The van der Waals surface area contributed by atoms with Gasteiger partial charge in [0.1, 0.15) is 0 Å². The molecule has 0 saturated carbocycles. The average molecular weight is 270 g/mol. The number of thiazole rings is 1. The highest BCUT2D eigenvalue weighted by molar-refractivity contribution is 7.09. The van der Waals surface area contributed by atoms with Gasteiger partial charge in [-0.05, 0) is 12.8 Å². The molecule has 0 spiro atoms. The smallest absolute Gasteiger partial charge is 0.226 e. The van der Waals surface area contributed by atoms with E-state index in [0.717, 1.165) is 17.1 Å². The maximum Gasteiger partial charge on any atom is 0.226 e. The lowest BCUT2D eigenvalue weighted by atomic mass is 10.1. The minimum Gasteiger partial charge on any atom is -0.396 e. The van der Waals surface area contributed by atoms with Gasteiger partial charge in [0.25, 0.3) is 0 Å². The van der Waals surface area contributed by atoms with Gasteiger partial charge in [-0.15, -0.1) is 11.3 Å². The van der Waals surface area contributed by atoms with Gasteiger partial charge in [-0.3, -0.25) is 4.79 Å². The van der Waals surface area contributed by atoms with E-state index >= 15 is 0 Å². The molecule has 0 aliphatic carbocycles. The number of carbonyl (C=O) groups excluding carboxylic acids is 1. The van der Waals surface area contributed by atoms with Crippen molar-refractivity contribution in [2.45, 2.75) is 52.0 Å². The molecule has 0 fully saturated rings. The Bertz CT molecular complexity index is 377. The van der Waals surface area contributed by atoms with Crippen molar-refractivity contribution in [3.05, 3.63) is 16.1 Å². The van der Waals surface area contributed by atoms with Crippen LogP contribution in [0.2, 0.25) is 0 Å². The fraction of sp³-hybridized carbons (Fsp3) is 0.692. The number of carbonyl (C=O) groups is 1. The van der Waals surface area contributed by atoms with Crippen LogP contribution in [0.25, 0.3) is 0 Å². The highest BCUT2D eigenvalue weighted by Crippen LogP contribution is 2.19. The number of nitrogens with zero attached hydrogens (tertiary/aromatic N) is 1. The number of hydrogen-bond donors (Lipinski definition) is 2. The second kappa shape index (κ2) is 7.48. The van der Waals surface area contributed by atoms with Crippen molar-refractivity contribution in [1.82, 2.24) is 10.3 Å². The van der Waals surface area contributed by atoms with Gasteiger partial charge in [0.15, 0.2) is 0 Å². The van der Waals surface area contributed by atoms with E-state index in [1.54, 1.807) is 11.3 Å². The maximum atomic E-state index is 11.8. The zero-order chi connectivity index (χ0) is 13.5. The van der Waals surface area contributed by atoms with E-state index in [2.05, 4.69) is 24.1 Å². The third-order valence-electron chi connectivity index (χ3n) is 2.74. The molecule has 1 unspecified atom stereocenters. The highest BCUT2D eigenvalue weighted by Gasteiger charge is 2.13. The zero-order valence-corrected chi connectivity index (χ0v) is 12.1. The summed E-state index contributed by atoms with van der Waals surface area (Å²) >= 11 is 1.60. The molecule has 0 saturated heterocycles. The topological polar surface area (TPSA) is 62.2 Å². The monoisotopic (exact) mass is 270 g/mol. The number of amides is 1. The van der Waals surface area contributed by atoms with Crippen molar-refractivity contribution >= 4 is 17.2 Å². The summed E-state index contributed by atoms with van der Waals surface area (Å²) in [6.07, 6.45) is 1.77. The molecule has 1 rings (SSSR count). The number of aliphatic hydroxyl groups excluding tert-OH is 1. The Morgan fingerprint density at radius 2 is 2.28 bits per heavy atom. The first-order valence-corrected chi connectivity index (χ1v) is 7.29. The van der Waals surface area contributed by atoms with E-state index in [9.17, 15) is 4.79 Å². The molecule has 1 aromatic rings. The Morgan fingerprint density at radius 1 is 1.56 bits per heavy atom. The van der Waals surface area contributed by atoms with Crippen molar-refractivity contribution in [2.75, 3.05) is 6.61 Å². The fourth-order valence-corrected chi connectivity index (χ4v) is 2.48. The summed E-state index contributed by atoms with van der Waals surface area (Å²) < 4.78 is 0. The lowest BCUT2D eigenvalue weighted by molar-refractivity contribution is -0.121. The Labute approximate surface area is 112 Å². The summed E-state index contributed by atoms with van der Waals surface area (Å²) in [6.45, 7) is 6.29. The van der Waals surface area contributed by atoms with Crippen LogP contribution in [0.4, 0.5) is 0 Å². The molecule has 102 valence electrons. The first-order chi connectivity index (χ1) is 8.56. The molecule has 18 heavy (non-hydrogen) atoms. The fourth-order valence-electron chi connectivity index (χ4n) is 1.65. The molecule has 0 aliphatic rings. The molecular formula is C13H22N2O2S. The Hall–Kier alpha value is -0.940. The van der Waals surface area contributed by atoms with Gasteiger partial charge in [0.05, 0.1) is 17.1 Å². The summed E-state index contributed by atoms with van der Waals surface area (Å²) in [6, 6.07) is 0.0608. The normalized spacial score (nSPS) is 12.7. The molecule has 5 heteroatoms. The number of aliphatic hydroxyl groups is 1. The van der Waals surface area contributed by atoms with Crippen LogP contribution in [0.5, 0.6) is 0 Å². The van der Waals surface area contributed by atoms with Gasteiger partial charge in [-0.25, -0.2) is 4.98 Å². The minimum absolute atomic E-state index is 0.0177. The van der Waals surface area contributed by atoms with Gasteiger partial charge < -0.3 is 10.4 Å². The standard InChI is InChI=1S/C13H22N2O2S/c1-4-10(5-6-16)14-12(17)7-11-8-18-13(15-11)9(2)3/h8-10,16H,4-7H2,1-3H3,(H,14,17). The van der Waals surface area contributed by atoms with Crippen LogP contribution in [-0.4, -0.2) is 28.6 Å². The molecule has 1 atom stereocenters. The van der Waals surface area contributed by atoms with Crippen LogP contribution in [0.3, 0.4) is 0 Å². The molecule has 1 amide bonds. The van der Waals surface area contributed by atoms with E-state index in [-0.39, 0.29) is 18.6 Å². The van der Waals surface area contributed by atoms with E-state index in [0.29, 0.717) is 18.8 Å². The first kappa shape index (κ1) is 15.1. The summed E-state index contributed by atoms with van der Waals surface area (Å²) in [4.78, 5) is 16.2. The van der Waals surface area contributed by atoms with Gasteiger partial charge in [-0.2, -0.15) is 0 Å². The van der Waals surface area contributed by atoms with Gasteiger partial charge in [0.2, 0.25) is 5.91 Å². The number of hydrogen-bond acceptors (Lipinski definition) is 4. The van der Waals surface area contributed by atoms with Crippen molar-refractivity contribution in [3.8, 4) is 0 Å². The Balaban J connectivity index is 2.48. The quantitative estimate of drug-likeness (QED) is 0.797. The molecule has 0 bridgehead atoms. The number of nitrogens with one attached hydrogen (secondary N) is 1. The van der Waals surface area contributed by atoms with Crippen LogP contribution in [0, 0.1) is 0 Å². The molecule has 4 nitrogen and oxygen atoms in total. The highest BCUT2D eigenvalue weighted by atomic mass is 32.1. The average Bonchev–Trinajstić information content (AvgIpc) is 2.77. The summed E-state index contributed by atoms with van der Waals surface area (Å²) in [5.41, 5.74) is 0.833. The van der Waals surface area contributed by atoms with E-state index < -0.39 is 0 Å². The second-order valence-corrected chi connectivity index (χ2v) is 5.58. The van der Waals surface area contributed by atoms with Crippen LogP contribution in [0.1, 0.15) is 50.2 Å². The third-order valence-corrected chi connectivity index (χ3v) is 3.93. The lowest BCUT2D eigenvalue weighted by Crippen LogP contribution is -2.36. The van der Waals surface area contributed by atoms with Gasteiger partial charge in [0, 0.05) is 23.9 Å². The van der Waals surface area contributed by atoms with Gasteiger partial charge in [-0.1, -0.05) is 20.8 Å². The van der Waals surface area contributed by atoms with Crippen molar-refractivity contribution in [3.63, 3.8) is 0 Å². The van der Waals surface area contributed by atoms with Crippen LogP contribution in [0.15, 0.2) is 5.38 Å². The molecule has 1 aromatic heterocycles. The van der Waals surface area contributed by atoms with E-state index in [1.165, 1.54) is 0 Å². The number of rotatable bonds is 7. The van der Waals surface area contributed by atoms with Crippen LogP contribution >= 0.6 is 11.3 Å². The molecule has 2 N–H and O–H groups in total. The Morgan fingerprint density at radius 3 is 2.78 bits per heavy atom. The molecule has 0 radical (unpaired) electrons. The summed E-state index contributed by atoms with van der Waals surface area (Å²) in [5, 5.41) is 14.8. The van der Waals surface area contributed by atoms with Crippen LogP contribution in [-0.2, 0) is 11.2 Å². The van der Waals surface area contributed by atoms with E-state index in [4.69, 9.17) is 5.11 Å². The first-order valence-electron chi connectivity index (χ1n) is 6.41. The number of aromatic nitrogens is 1. The zero-order valence-electron chi connectivity index (χ0n) is 11.3. The summed E-state index contributed by atoms with van der Waals surface area (Å²) in [5.74, 6) is 0.389. The van der Waals surface area contributed by atoms with Crippen LogP contribution < -0.4 is 5.32 Å². The largest absolute Gasteiger partial charge is 0.396 e. The third kappa shape index (κ3) is 4.74. The molecule has 1 heterocycles. The SMILES string of the molecule is CCC(CCO)NC(=O)Cc1csc(C(C)C)n1. The lowest BCUT2D eigenvalue weighted by Gasteiger charge is -2.15. The van der Waals surface area contributed by atoms with Crippen molar-refractivity contribution in [2.24, 2.45) is 0 Å². The second-order valence-electron chi connectivity index (χ2n) is 4.69. The molecule has 0 aliphatic heterocycles. The predicted molar refractivity (Wildman–Crippen MR) is 73.8 cm³/mol. The maximum absolute atomic E-state index is 11.8. The molecule has 0 aromatic carbocycles.